The first-order valence-electron chi connectivity index (χ1n) is 9.16. The largest absolute Gasteiger partial charge is 0.296 e. The fourth-order valence-corrected chi connectivity index (χ4v) is 5.06. The molecule has 0 spiro atoms. The minimum absolute atomic E-state index is 0.556. The molecule has 2 fully saturated rings. The van der Waals surface area contributed by atoms with E-state index in [0.717, 1.165) is 12.0 Å². The first-order chi connectivity index (χ1) is 11.3. The van der Waals surface area contributed by atoms with Crippen molar-refractivity contribution in [3.63, 3.8) is 0 Å². The highest BCUT2D eigenvalue weighted by molar-refractivity contribution is 5.26. The summed E-state index contributed by atoms with van der Waals surface area (Å²) in [5, 5.41) is 0. The third-order valence-electron chi connectivity index (χ3n) is 6.20. The molecule has 1 aliphatic carbocycles. The van der Waals surface area contributed by atoms with Gasteiger partial charge in [-0.3, -0.25) is 4.90 Å². The van der Waals surface area contributed by atoms with Crippen molar-refractivity contribution < 1.29 is 0 Å². The average Bonchev–Trinajstić information content (AvgIpc) is 2.64. The molecule has 4 rings (SSSR count). The maximum Gasteiger partial charge on any atom is 0.0354 e. The number of piperidine rings is 1. The molecule has 1 heteroatoms. The molecule has 0 radical (unpaired) electrons. The Hall–Kier alpha value is -1.60. The van der Waals surface area contributed by atoms with Crippen LogP contribution in [-0.2, 0) is 0 Å². The van der Waals surface area contributed by atoms with Crippen molar-refractivity contribution in [2.24, 2.45) is 5.92 Å². The number of hydrogen-bond acceptors (Lipinski definition) is 1. The van der Waals surface area contributed by atoms with Crippen LogP contribution in [0.25, 0.3) is 0 Å². The van der Waals surface area contributed by atoms with Crippen LogP contribution in [0, 0.1) is 5.92 Å². The Balaban J connectivity index is 1.70. The van der Waals surface area contributed by atoms with Crippen LogP contribution < -0.4 is 0 Å². The zero-order valence-electron chi connectivity index (χ0n) is 14.1. The lowest BCUT2D eigenvalue weighted by molar-refractivity contribution is 0.0200. The van der Waals surface area contributed by atoms with Crippen LogP contribution >= 0.6 is 0 Å². The van der Waals surface area contributed by atoms with Crippen molar-refractivity contribution >= 4 is 0 Å². The predicted molar refractivity (Wildman–Crippen MR) is 96.5 cm³/mol. The molecule has 0 aromatic heterocycles. The number of hydrogen-bond donors (Lipinski definition) is 0. The molecule has 120 valence electrons. The van der Waals surface area contributed by atoms with Crippen LogP contribution in [0.1, 0.15) is 55.2 Å². The highest BCUT2D eigenvalue weighted by Crippen LogP contribution is 2.49. The Kier molecular flexibility index (Phi) is 4.22. The molecule has 0 N–H and O–H groups in total. The molecule has 0 unspecified atom stereocenters. The summed E-state index contributed by atoms with van der Waals surface area (Å²) in [6.45, 7) is 0. The molecule has 1 saturated heterocycles. The van der Waals surface area contributed by atoms with Gasteiger partial charge in [0.2, 0.25) is 0 Å². The van der Waals surface area contributed by atoms with Gasteiger partial charge in [0.25, 0.3) is 0 Å². The van der Waals surface area contributed by atoms with E-state index in [9.17, 15) is 0 Å². The monoisotopic (exact) mass is 305 g/mol. The number of likely N-dealkylation sites (tertiary alicyclic amines) is 1. The van der Waals surface area contributed by atoms with Crippen LogP contribution in [0.4, 0.5) is 0 Å². The molecule has 1 saturated carbocycles. The van der Waals surface area contributed by atoms with Gasteiger partial charge in [-0.15, -0.1) is 0 Å². The third-order valence-corrected chi connectivity index (χ3v) is 6.20. The van der Waals surface area contributed by atoms with Crippen molar-refractivity contribution in [2.75, 3.05) is 7.05 Å². The quantitative estimate of drug-likeness (QED) is 0.717. The van der Waals surface area contributed by atoms with Crippen molar-refractivity contribution in [2.45, 2.75) is 50.1 Å². The number of rotatable bonds is 2. The maximum absolute atomic E-state index is 2.69. The molecule has 1 heterocycles. The van der Waals surface area contributed by atoms with Crippen LogP contribution in [-0.4, -0.2) is 18.0 Å². The van der Waals surface area contributed by atoms with Crippen LogP contribution in [0.3, 0.4) is 0 Å². The second-order valence-corrected chi connectivity index (χ2v) is 7.36. The van der Waals surface area contributed by atoms with Crippen molar-refractivity contribution in [3.05, 3.63) is 71.8 Å². The first-order valence-corrected chi connectivity index (χ1v) is 9.16. The third kappa shape index (κ3) is 2.83. The van der Waals surface area contributed by atoms with Crippen LogP contribution in [0.2, 0.25) is 0 Å². The Morgan fingerprint density at radius 1 is 0.783 bits per heavy atom. The summed E-state index contributed by atoms with van der Waals surface area (Å²) >= 11 is 0. The summed E-state index contributed by atoms with van der Waals surface area (Å²) in [5.41, 5.74) is 3.04. The van der Waals surface area contributed by atoms with Crippen LogP contribution in [0.5, 0.6) is 0 Å². The predicted octanol–water partition coefficient (Wildman–Crippen LogP) is 5.41. The summed E-state index contributed by atoms with van der Waals surface area (Å²) in [4.78, 5) is 2.69. The summed E-state index contributed by atoms with van der Waals surface area (Å²) in [7, 11) is 2.36. The minimum Gasteiger partial charge on any atom is -0.296 e. The molecule has 1 aliphatic heterocycles. The van der Waals surface area contributed by atoms with E-state index in [1.807, 2.05) is 0 Å². The van der Waals surface area contributed by atoms with Gasteiger partial charge in [-0.25, -0.2) is 0 Å². The van der Waals surface area contributed by atoms with E-state index >= 15 is 0 Å². The van der Waals surface area contributed by atoms with Crippen molar-refractivity contribution in [3.8, 4) is 0 Å². The van der Waals surface area contributed by atoms with Crippen molar-refractivity contribution in [1.29, 1.82) is 0 Å². The topological polar surface area (TPSA) is 3.24 Å². The van der Waals surface area contributed by atoms with Gasteiger partial charge in [-0.2, -0.15) is 0 Å². The van der Waals surface area contributed by atoms with E-state index in [0.29, 0.717) is 12.0 Å². The van der Waals surface area contributed by atoms with Gasteiger partial charge in [0, 0.05) is 12.1 Å². The van der Waals surface area contributed by atoms with Gasteiger partial charge in [0.1, 0.15) is 0 Å². The number of nitrogens with zero attached hydrogens (tertiary/aromatic N) is 1. The van der Waals surface area contributed by atoms with Crippen LogP contribution in [0.15, 0.2) is 60.7 Å². The van der Waals surface area contributed by atoms with E-state index in [1.54, 1.807) is 5.56 Å². The molecule has 2 aliphatic rings. The molecular formula is C22H27N. The van der Waals surface area contributed by atoms with Gasteiger partial charge in [0.15, 0.2) is 0 Å². The lowest BCUT2D eigenvalue weighted by atomic mass is 9.67. The Labute approximate surface area is 140 Å². The highest BCUT2D eigenvalue weighted by Gasteiger charge is 2.42. The summed E-state index contributed by atoms with van der Waals surface area (Å²) in [6.07, 6.45) is 6.83. The summed E-state index contributed by atoms with van der Waals surface area (Å²) in [6, 6.07) is 23.7. The maximum atomic E-state index is 2.69. The number of benzene rings is 2. The molecule has 0 bridgehead atoms. The smallest absolute Gasteiger partial charge is 0.0354 e. The lowest BCUT2D eigenvalue weighted by Gasteiger charge is -2.51. The summed E-state index contributed by atoms with van der Waals surface area (Å²) in [5.74, 6) is 1.54. The second-order valence-electron chi connectivity index (χ2n) is 7.36. The number of fused-ring (bicyclic) bond motifs is 1. The Morgan fingerprint density at radius 2 is 1.39 bits per heavy atom. The van der Waals surface area contributed by atoms with E-state index in [-0.39, 0.29) is 0 Å². The van der Waals surface area contributed by atoms with Gasteiger partial charge >= 0.3 is 0 Å². The normalized spacial score (nSPS) is 31.5. The lowest BCUT2D eigenvalue weighted by Crippen LogP contribution is -2.49. The average molecular weight is 305 g/mol. The molecular weight excluding hydrogens is 278 g/mol. The molecule has 0 amide bonds. The molecule has 1 nitrogen and oxygen atoms in total. The summed E-state index contributed by atoms with van der Waals surface area (Å²) < 4.78 is 0. The van der Waals surface area contributed by atoms with Gasteiger partial charge < -0.3 is 0 Å². The highest BCUT2D eigenvalue weighted by atomic mass is 15.2. The Bertz CT molecular complexity index is 621. The van der Waals surface area contributed by atoms with E-state index in [4.69, 9.17) is 0 Å². The van der Waals surface area contributed by atoms with Gasteiger partial charge in [-0.05, 0) is 49.3 Å². The van der Waals surface area contributed by atoms with Gasteiger partial charge in [0.05, 0.1) is 0 Å². The fourth-order valence-electron chi connectivity index (χ4n) is 5.06. The second kappa shape index (κ2) is 6.49. The van der Waals surface area contributed by atoms with Gasteiger partial charge in [-0.1, -0.05) is 73.5 Å². The molecule has 23 heavy (non-hydrogen) atoms. The molecule has 2 aromatic carbocycles. The molecule has 4 atom stereocenters. The standard InChI is InChI=1S/C22H27N/c1-23-21-15-9-8-14-19(21)20(17-10-4-2-5-11-17)16-22(23)18-12-6-3-7-13-18/h2-7,10-13,19-22H,8-9,14-16H2,1H3/t19-,20+,21-,22-/m0/s1. The first kappa shape index (κ1) is 15.0. The zero-order chi connectivity index (χ0) is 15.6. The zero-order valence-corrected chi connectivity index (χ0v) is 14.1. The van der Waals surface area contributed by atoms with E-state index in [2.05, 4.69) is 72.6 Å². The fraction of sp³-hybridized carbons (Fsp3) is 0.455. The van der Waals surface area contributed by atoms with Crippen molar-refractivity contribution in [1.82, 2.24) is 4.90 Å². The van der Waals surface area contributed by atoms with E-state index < -0.39 is 0 Å². The van der Waals surface area contributed by atoms with E-state index in [1.165, 1.54) is 37.7 Å². The molecule has 2 aromatic rings. The Morgan fingerprint density at radius 3 is 2.09 bits per heavy atom. The SMILES string of the molecule is CN1[C@H](c2ccccc2)C[C@H](c2ccccc2)[C@@H]2CCCC[C@@H]21. The minimum atomic E-state index is 0.556.